The Bertz CT molecular complexity index is 1310. The number of unbranched alkanes of at least 4 members (excludes halogenated alkanes) is 10. The van der Waals surface area contributed by atoms with Crippen LogP contribution in [0.3, 0.4) is 0 Å². The Balaban J connectivity index is 2.32. The van der Waals surface area contributed by atoms with Crippen molar-refractivity contribution in [1.29, 1.82) is 0 Å². The van der Waals surface area contributed by atoms with Gasteiger partial charge in [-0.3, -0.25) is 4.79 Å². The van der Waals surface area contributed by atoms with Crippen molar-refractivity contribution in [2.75, 3.05) is 26.4 Å². The summed E-state index contributed by atoms with van der Waals surface area (Å²) in [5, 5.41) is 40.2. The van der Waals surface area contributed by atoms with Crippen LogP contribution < -0.4 is 0 Å². The molecule has 352 valence electrons. The van der Waals surface area contributed by atoms with Gasteiger partial charge in [0.25, 0.3) is 0 Å². The van der Waals surface area contributed by atoms with Gasteiger partial charge < -0.3 is 39.4 Å². The average Bonchev–Trinajstić information content (AvgIpc) is 3.27. The summed E-state index contributed by atoms with van der Waals surface area (Å²) in [4.78, 5) is 12.8. The van der Waals surface area contributed by atoms with Gasteiger partial charge in [-0.2, -0.15) is 0 Å². The van der Waals surface area contributed by atoms with E-state index < -0.39 is 49.4 Å². The molecule has 1 fully saturated rings. The number of esters is 1. The van der Waals surface area contributed by atoms with Crippen molar-refractivity contribution in [3.8, 4) is 0 Å². The standard InChI is InChI=1S/C53H86O9/c1-3-5-7-9-11-13-15-17-19-21-23-25-27-29-31-33-35-37-39-41-43-59-45-47(46-60-53-52(58)51(57)50(56)48(44-54)62-53)61-49(55)42-40-38-36-34-32-30-28-26-24-22-20-18-16-14-12-10-8-6-4-2/h6,8,11-14,17-20,23-26,30,32,36,38,47-48,50-54,56-58H,3-5,7,9-10,15-16,21-22,27-29,31,33-35,37,39-46H2,1-2H3/b8-6-,13-11-,14-12-,19-17-,20-18-,25-23-,26-24-,32-30-,38-36-. The number of carbonyl (C=O) groups is 1. The fraction of sp³-hybridized carbons (Fsp3) is 0.642. The monoisotopic (exact) mass is 867 g/mol. The van der Waals surface area contributed by atoms with Crippen LogP contribution in [0.1, 0.15) is 155 Å². The number of ether oxygens (including phenoxy) is 4. The summed E-state index contributed by atoms with van der Waals surface area (Å²) in [6.45, 7) is 4.28. The Morgan fingerprint density at radius 2 is 0.984 bits per heavy atom. The van der Waals surface area contributed by atoms with Crippen LogP contribution in [0.25, 0.3) is 0 Å². The summed E-state index contributed by atoms with van der Waals surface area (Å²) in [7, 11) is 0. The van der Waals surface area contributed by atoms with Crippen LogP contribution in [0.2, 0.25) is 0 Å². The highest BCUT2D eigenvalue weighted by Gasteiger charge is 2.44. The van der Waals surface area contributed by atoms with E-state index in [1.54, 1.807) is 0 Å². The van der Waals surface area contributed by atoms with Gasteiger partial charge >= 0.3 is 5.97 Å². The minimum Gasteiger partial charge on any atom is -0.457 e. The lowest BCUT2D eigenvalue weighted by Crippen LogP contribution is -2.59. The lowest BCUT2D eigenvalue weighted by molar-refractivity contribution is -0.305. The quantitative estimate of drug-likeness (QED) is 0.0271. The van der Waals surface area contributed by atoms with E-state index in [-0.39, 0.29) is 19.6 Å². The Kier molecular flexibility index (Phi) is 39.5. The van der Waals surface area contributed by atoms with E-state index >= 15 is 0 Å². The van der Waals surface area contributed by atoms with Crippen molar-refractivity contribution in [3.05, 3.63) is 109 Å². The van der Waals surface area contributed by atoms with Crippen LogP contribution in [0.15, 0.2) is 109 Å². The van der Waals surface area contributed by atoms with Gasteiger partial charge in [-0.05, 0) is 89.9 Å². The van der Waals surface area contributed by atoms with Gasteiger partial charge in [-0.15, -0.1) is 0 Å². The highest BCUT2D eigenvalue weighted by atomic mass is 16.7. The molecule has 0 aromatic carbocycles. The van der Waals surface area contributed by atoms with Gasteiger partial charge in [0.2, 0.25) is 0 Å². The Morgan fingerprint density at radius 1 is 0.532 bits per heavy atom. The molecule has 9 heteroatoms. The lowest BCUT2D eigenvalue weighted by atomic mass is 9.99. The van der Waals surface area contributed by atoms with E-state index in [0.717, 1.165) is 77.0 Å². The molecular weight excluding hydrogens is 781 g/mol. The van der Waals surface area contributed by atoms with Gasteiger partial charge in [0.1, 0.15) is 30.5 Å². The zero-order valence-electron chi connectivity index (χ0n) is 38.6. The topological polar surface area (TPSA) is 135 Å². The zero-order valence-corrected chi connectivity index (χ0v) is 38.6. The first kappa shape index (κ1) is 56.9. The molecule has 6 atom stereocenters. The summed E-state index contributed by atoms with van der Waals surface area (Å²) >= 11 is 0. The third-order valence-electron chi connectivity index (χ3n) is 10.2. The number of hydrogen-bond donors (Lipinski definition) is 4. The van der Waals surface area contributed by atoms with Gasteiger partial charge in [-0.1, -0.05) is 168 Å². The maximum absolute atomic E-state index is 12.8. The first-order valence-corrected chi connectivity index (χ1v) is 24.0. The van der Waals surface area contributed by atoms with Gasteiger partial charge in [0, 0.05) is 13.0 Å². The van der Waals surface area contributed by atoms with Crippen molar-refractivity contribution in [3.63, 3.8) is 0 Å². The predicted molar refractivity (Wildman–Crippen MR) is 256 cm³/mol. The molecule has 0 spiro atoms. The fourth-order valence-electron chi connectivity index (χ4n) is 6.46. The molecular formula is C53H86O9. The van der Waals surface area contributed by atoms with Crippen molar-refractivity contribution in [2.45, 2.75) is 192 Å². The Hall–Kier alpha value is -3.15. The second-order valence-electron chi connectivity index (χ2n) is 15.8. The van der Waals surface area contributed by atoms with Gasteiger partial charge in [0.15, 0.2) is 6.29 Å². The number of hydrogen-bond acceptors (Lipinski definition) is 9. The van der Waals surface area contributed by atoms with Crippen molar-refractivity contribution < 1.29 is 44.2 Å². The normalized spacial score (nSPS) is 20.8. The van der Waals surface area contributed by atoms with Crippen molar-refractivity contribution in [1.82, 2.24) is 0 Å². The van der Waals surface area contributed by atoms with E-state index in [1.807, 2.05) is 12.2 Å². The highest BCUT2D eigenvalue weighted by molar-refractivity contribution is 5.69. The highest BCUT2D eigenvalue weighted by Crippen LogP contribution is 2.22. The van der Waals surface area contributed by atoms with E-state index in [4.69, 9.17) is 18.9 Å². The lowest BCUT2D eigenvalue weighted by Gasteiger charge is -2.39. The van der Waals surface area contributed by atoms with Crippen molar-refractivity contribution >= 4 is 5.97 Å². The molecule has 9 nitrogen and oxygen atoms in total. The minimum absolute atomic E-state index is 0.0998. The first-order chi connectivity index (χ1) is 30.4. The molecule has 6 unspecified atom stereocenters. The molecule has 0 aliphatic carbocycles. The largest absolute Gasteiger partial charge is 0.457 e. The predicted octanol–water partition coefficient (Wildman–Crippen LogP) is 11.4. The van der Waals surface area contributed by atoms with Crippen LogP contribution >= 0.6 is 0 Å². The summed E-state index contributed by atoms with van der Waals surface area (Å²) in [6, 6.07) is 0. The van der Waals surface area contributed by atoms with Crippen LogP contribution in [-0.2, 0) is 23.7 Å². The maximum atomic E-state index is 12.8. The van der Waals surface area contributed by atoms with Crippen molar-refractivity contribution in [2.24, 2.45) is 0 Å². The fourth-order valence-corrected chi connectivity index (χ4v) is 6.46. The molecule has 1 heterocycles. The summed E-state index contributed by atoms with van der Waals surface area (Å²) in [5.74, 6) is -0.403. The molecule has 0 bridgehead atoms. The van der Waals surface area contributed by atoms with E-state index in [1.165, 1.54) is 51.4 Å². The minimum atomic E-state index is -1.56. The molecule has 1 aliphatic rings. The van der Waals surface area contributed by atoms with E-state index in [9.17, 15) is 25.2 Å². The number of carbonyl (C=O) groups excluding carboxylic acids is 1. The van der Waals surface area contributed by atoms with Gasteiger partial charge in [0.05, 0.1) is 19.8 Å². The van der Waals surface area contributed by atoms with Crippen LogP contribution in [0.4, 0.5) is 0 Å². The second kappa shape index (κ2) is 43.1. The molecule has 1 aliphatic heterocycles. The molecule has 0 radical (unpaired) electrons. The smallest absolute Gasteiger partial charge is 0.306 e. The number of allylic oxidation sites excluding steroid dienone is 18. The zero-order chi connectivity index (χ0) is 45.0. The van der Waals surface area contributed by atoms with Crippen LogP contribution in [-0.4, -0.2) is 89.6 Å². The van der Waals surface area contributed by atoms with Gasteiger partial charge in [-0.25, -0.2) is 0 Å². The third kappa shape index (κ3) is 33.4. The molecule has 4 N–H and O–H groups in total. The maximum Gasteiger partial charge on any atom is 0.306 e. The summed E-state index contributed by atoms with van der Waals surface area (Å²) in [6.07, 6.45) is 54.1. The Morgan fingerprint density at radius 3 is 1.48 bits per heavy atom. The summed E-state index contributed by atoms with van der Waals surface area (Å²) < 4.78 is 22.7. The first-order valence-electron chi connectivity index (χ1n) is 24.0. The third-order valence-corrected chi connectivity index (χ3v) is 10.2. The molecule has 1 saturated heterocycles. The molecule has 1 rings (SSSR count). The SMILES string of the molecule is CC/C=C\C/C=C\C/C=C\C/C=C\C/C=C\C/C=C\CCC(=O)OC(COCCCCCCCCC/C=C\C/C=C\C/C=C\CCCCC)COC1OC(CO)C(O)C(O)C1O. The van der Waals surface area contributed by atoms with Crippen LogP contribution in [0.5, 0.6) is 0 Å². The number of aliphatic hydroxyl groups is 4. The Labute approximate surface area is 376 Å². The number of aliphatic hydroxyl groups excluding tert-OH is 4. The molecule has 0 aromatic heterocycles. The molecule has 0 aromatic rings. The van der Waals surface area contributed by atoms with E-state index in [0.29, 0.717) is 13.0 Å². The van der Waals surface area contributed by atoms with E-state index in [2.05, 4.69) is 111 Å². The summed E-state index contributed by atoms with van der Waals surface area (Å²) in [5.41, 5.74) is 0. The molecule has 0 amide bonds. The molecule has 62 heavy (non-hydrogen) atoms. The molecule has 0 saturated carbocycles. The number of rotatable bonds is 39. The average molecular weight is 867 g/mol. The second-order valence-corrected chi connectivity index (χ2v) is 15.8. The van der Waals surface area contributed by atoms with Crippen LogP contribution in [0, 0.1) is 0 Å².